The Kier molecular flexibility index (Phi) is 2.98. The Labute approximate surface area is 126 Å². The van der Waals surface area contributed by atoms with Crippen molar-refractivity contribution < 1.29 is 4.79 Å². The van der Waals surface area contributed by atoms with E-state index in [1.165, 1.54) is 38.5 Å². The van der Waals surface area contributed by atoms with Crippen LogP contribution in [0.3, 0.4) is 0 Å². The number of benzene rings is 1. The standard InChI is InChI=1S/C18H24N2O/c19-15-2-1-3-16(7-15)20-17(21)11-18-8-12-4-13(9-18)6-14(5-12)10-18/h1-3,7,12-14H,4-6,8-11,19H2,(H,20,21). The molecule has 0 radical (unpaired) electrons. The van der Waals surface area contributed by atoms with E-state index in [0.29, 0.717) is 17.5 Å². The van der Waals surface area contributed by atoms with Crippen molar-refractivity contribution in [2.45, 2.75) is 44.9 Å². The second kappa shape index (κ2) is 4.75. The van der Waals surface area contributed by atoms with Gasteiger partial charge < -0.3 is 11.1 Å². The van der Waals surface area contributed by atoms with Gasteiger partial charge in [-0.2, -0.15) is 0 Å². The average Bonchev–Trinajstić information content (AvgIpc) is 2.35. The highest BCUT2D eigenvalue weighted by Gasteiger charge is 2.51. The van der Waals surface area contributed by atoms with E-state index in [2.05, 4.69) is 5.32 Å². The van der Waals surface area contributed by atoms with Crippen LogP contribution in [0.2, 0.25) is 0 Å². The van der Waals surface area contributed by atoms with Crippen molar-refractivity contribution in [3.63, 3.8) is 0 Å². The molecule has 3 nitrogen and oxygen atoms in total. The number of hydrogen-bond donors (Lipinski definition) is 2. The molecule has 3 heteroatoms. The quantitative estimate of drug-likeness (QED) is 0.829. The van der Waals surface area contributed by atoms with E-state index in [9.17, 15) is 4.79 Å². The van der Waals surface area contributed by atoms with E-state index in [1.807, 2.05) is 24.3 Å². The van der Waals surface area contributed by atoms with Gasteiger partial charge in [0.1, 0.15) is 0 Å². The normalized spacial score (nSPS) is 36.7. The van der Waals surface area contributed by atoms with Crippen LogP contribution in [0.25, 0.3) is 0 Å². The Morgan fingerprint density at radius 3 is 2.33 bits per heavy atom. The molecule has 0 unspecified atom stereocenters. The summed E-state index contributed by atoms with van der Waals surface area (Å²) in [5.74, 6) is 2.87. The predicted molar refractivity (Wildman–Crippen MR) is 84.7 cm³/mol. The SMILES string of the molecule is Nc1cccc(NC(=O)CC23CC4CC(CC(C4)C2)C3)c1. The van der Waals surface area contributed by atoms with Crippen LogP contribution < -0.4 is 11.1 Å². The maximum atomic E-state index is 12.5. The average molecular weight is 284 g/mol. The molecular formula is C18H24N2O. The molecule has 4 fully saturated rings. The van der Waals surface area contributed by atoms with Crippen molar-refractivity contribution in [1.29, 1.82) is 0 Å². The first kappa shape index (κ1) is 13.2. The van der Waals surface area contributed by atoms with Crippen LogP contribution in [-0.4, -0.2) is 5.91 Å². The summed E-state index contributed by atoms with van der Waals surface area (Å²) in [7, 11) is 0. The maximum Gasteiger partial charge on any atom is 0.224 e. The number of carbonyl (C=O) groups is 1. The first-order valence-electron chi connectivity index (χ1n) is 8.26. The molecule has 0 aliphatic heterocycles. The van der Waals surface area contributed by atoms with Crippen LogP contribution in [0.5, 0.6) is 0 Å². The molecule has 0 saturated heterocycles. The number of hydrogen-bond acceptors (Lipinski definition) is 2. The van der Waals surface area contributed by atoms with Crippen LogP contribution >= 0.6 is 0 Å². The summed E-state index contributed by atoms with van der Waals surface area (Å²) in [6.07, 6.45) is 8.82. The highest BCUT2D eigenvalue weighted by molar-refractivity contribution is 5.91. The van der Waals surface area contributed by atoms with Crippen molar-refractivity contribution in [2.75, 3.05) is 11.1 Å². The van der Waals surface area contributed by atoms with Crippen LogP contribution in [0, 0.1) is 23.2 Å². The van der Waals surface area contributed by atoms with E-state index in [0.717, 1.165) is 23.4 Å². The molecule has 21 heavy (non-hydrogen) atoms. The van der Waals surface area contributed by atoms with Crippen molar-refractivity contribution in [3.8, 4) is 0 Å². The number of anilines is 2. The molecule has 4 aliphatic carbocycles. The minimum Gasteiger partial charge on any atom is -0.399 e. The molecule has 1 amide bonds. The van der Waals surface area contributed by atoms with Gasteiger partial charge in [-0.3, -0.25) is 4.79 Å². The van der Waals surface area contributed by atoms with Crippen molar-refractivity contribution in [3.05, 3.63) is 24.3 Å². The number of nitrogen functional groups attached to an aromatic ring is 1. The molecule has 3 N–H and O–H groups in total. The number of amides is 1. The molecule has 0 aromatic heterocycles. The Hall–Kier alpha value is -1.51. The summed E-state index contributed by atoms with van der Waals surface area (Å²) < 4.78 is 0. The third-order valence-electron chi connectivity index (χ3n) is 5.87. The molecule has 5 rings (SSSR count). The highest BCUT2D eigenvalue weighted by Crippen LogP contribution is 2.61. The molecule has 0 spiro atoms. The minimum atomic E-state index is 0.169. The summed E-state index contributed by atoms with van der Waals surface area (Å²) in [5.41, 5.74) is 7.60. The third-order valence-corrected chi connectivity index (χ3v) is 5.87. The molecule has 4 saturated carbocycles. The summed E-state index contributed by atoms with van der Waals surface area (Å²) in [6.45, 7) is 0. The maximum absolute atomic E-state index is 12.5. The van der Waals surface area contributed by atoms with Gasteiger partial charge in [-0.15, -0.1) is 0 Å². The van der Waals surface area contributed by atoms with Crippen LogP contribution in [-0.2, 0) is 4.79 Å². The lowest BCUT2D eigenvalue weighted by molar-refractivity contribution is -0.124. The van der Waals surface area contributed by atoms with Gasteiger partial charge in [-0.05, 0) is 79.9 Å². The third kappa shape index (κ3) is 2.54. The van der Waals surface area contributed by atoms with Crippen molar-refractivity contribution in [1.82, 2.24) is 0 Å². The summed E-state index contributed by atoms with van der Waals surface area (Å²) >= 11 is 0. The summed E-state index contributed by atoms with van der Waals surface area (Å²) in [6, 6.07) is 7.47. The van der Waals surface area contributed by atoms with Gasteiger partial charge in [-0.25, -0.2) is 0 Å². The van der Waals surface area contributed by atoms with Crippen LogP contribution in [0.1, 0.15) is 44.9 Å². The Bertz CT molecular complexity index is 531. The fourth-order valence-electron chi connectivity index (χ4n) is 5.67. The van der Waals surface area contributed by atoms with Gasteiger partial charge in [0.25, 0.3) is 0 Å². The van der Waals surface area contributed by atoms with Gasteiger partial charge in [0.05, 0.1) is 0 Å². The topological polar surface area (TPSA) is 55.1 Å². The Balaban J connectivity index is 1.45. The molecule has 4 aliphatic rings. The summed E-state index contributed by atoms with van der Waals surface area (Å²) in [4.78, 5) is 12.5. The van der Waals surface area contributed by atoms with Crippen LogP contribution in [0.4, 0.5) is 11.4 Å². The molecular weight excluding hydrogens is 260 g/mol. The summed E-state index contributed by atoms with van der Waals surface area (Å²) in [5, 5.41) is 3.04. The molecule has 1 aromatic rings. The van der Waals surface area contributed by atoms with Gasteiger partial charge in [0.15, 0.2) is 0 Å². The fraction of sp³-hybridized carbons (Fsp3) is 0.611. The second-order valence-electron chi connectivity index (χ2n) is 7.77. The smallest absolute Gasteiger partial charge is 0.224 e. The Morgan fingerprint density at radius 1 is 1.14 bits per heavy atom. The van der Waals surface area contributed by atoms with Gasteiger partial charge in [0, 0.05) is 17.8 Å². The zero-order chi connectivity index (χ0) is 14.4. The lowest BCUT2D eigenvalue weighted by atomic mass is 9.49. The number of rotatable bonds is 3. The number of carbonyl (C=O) groups excluding carboxylic acids is 1. The second-order valence-corrected chi connectivity index (χ2v) is 7.77. The highest BCUT2D eigenvalue weighted by atomic mass is 16.1. The first-order valence-corrected chi connectivity index (χ1v) is 8.26. The molecule has 112 valence electrons. The lowest BCUT2D eigenvalue weighted by Gasteiger charge is -2.56. The van der Waals surface area contributed by atoms with E-state index >= 15 is 0 Å². The predicted octanol–water partition coefficient (Wildman–Crippen LogP) is 3.81. The zero-order valence-corrected chi connectivity index (χ0v) is 12.5. The van der Waals surface area contributed by atoms with E-state index in [-0.39, 0.29) is 5.91 Å². The van der Waals surface area contributed by atoms with Gasteiger partial charge >= 0.3 is 0 Å². The van der Waals surface area contributed by atoms with E-state index in [1.54, 1.807) is 0 Å². The molecule has 0 atom stereocenters. The first-order chi connectivity index (χ1) is 10.1. The molecule has 4 bridgehead atoms. The lowest BCUT2D eigenvalue weighted by Crippen LogP contribution is -2.47. The largest absolute Gasteiger partial charge is 0.399 e. The number of nitrogens with two attached hydrogens (primary N) is 1. The monoisotopic (exact) mass is 284 g/mol. The van der Waals surface area contributed by atoms with Gasteiger partial charge in [0.2, 0.25) is 5.91 Å². The minimum absolute atomic E-state index is 0.169. The number of nitrogens with one attached hydrogen (secondary N) is 1. The fourth-order valence-corrected chi connectivity index (χ4v) is 5.67. The molecule has 0 heterocycles. The molecule has 1 aromatic carbocycles. The van der Waals surface area contributed by atoms with E-state index in [4.69, 9.17) is 5.73 Å². The zero-order valence-electron chi connectivity index (χ0n) is 12.5. The van der Waals surface area contributed by atoms with Gasteiger partial charge in [-0.1, -0.05) is 6.07 Å². The van der Waals surface area contributed by atoms with Crippen molar-refractivity contribution in [2.24, 2.45) is 23.2 Å². The van der Waals surface area contributed by atoms with Crippen LogP contribution in [0.15, 0.2) is 24.3 Å². The Morgan fingerprint density at radius 2 is 1.76 bits per heavy atom. The van der Waals surface area contributed by atoms with Crippen molar-refractivity contribution >= 4 is 17.3 Å². The van der Waals surface area contributed by atoms with E-state index < -0.39 is 0 Å².